The Kier molecular flexibility index (Phi) is 5.40. The van der Waals surface area contributed by atoms with Crippen LogP contribution in [-0.2, 0) is 4.79 Å². The van der Waals surface area contributed by atoms with E-state index in [9.17, 15) is 4.79 Å². The third-order valence-electron chi connectivity index (χ3n) is 3.68. The first-order valence-corrected chi connectivity index (χ1v) is 6.36. The molecular weight excluding hydrogens is 232 g/mol. The van der Waals surface area contributed by atoms with Crippen LogP contribution in [0.15, 0.2) is 5.16 Å². The normalized spacial score (nSPS) is 20.7. The lowest BCUT2D eigenvalue weighted by molar-refractivity contribution is -0.132. The molecule has 1 saturated heterocycles. The van der Waals surface area contributed by atoms with Gasteiger partial charge in [-0.2, -0.15) is 0 Å². The van der Waals surface area contributed by atoms with Crippen molar-refractivity contribution in [1.29, 1.82) is 0 Å². The van der Waals surface area contributed by atoms with Gasteiger partial charge in [0.05, 0.1) is 5.92 Å². The number of amides is 1. The van der Waals surface area contributed by atoms with E-state index < -0.39 is 5.92 Å². The first-order chi connectivity index (χ1) is 8.45. The van der Waals surface area contributed by atoms with E-state index in [0.717, 1.165) is 32.5 Å². The van der Waals surface area contributed by atoms with E-state index in [1.165, 1.54) is 0 Å². The summed E-state index contributed by atoms with van der Waals surface area (Å²) in [7, 11) is 3.90. The average Bonchev–Trinajstić information content (AvgIpc) is 2.38. The van der Waals surface area contributed by atoms with Crippen LogP contribution in [0.3, 0.4) is 0 Å². The Labute approximate surface area is 108 Å². The number of amidine groups is 1. The van der Waals surface area contributed by atoms with E-state index in [4.69, 9.17) is 10.9 Å². The molecule has 1 aliphatic heterocycles. The summed E-state index contributed by atoms with van der Waals surface area (Å²) in [5.74, 6) is -0.139. The number of nitrogens with two attached hydrogens (primary N) is 1. The van der Waals surface area contributed by atoms with Crippen LogP contribution < -0.4 is 5.73 Å². The van der Waals surface area contributed by atoms with Gasteiger partial charge in [0.2, 0.25) is 5.91 Å². The third-order valence-corrected chi connectivity index (χ3v) is 3.68. The Hall–Kier alpha value is -1.30. The van der Waals surface area contributed by atoms with Crippen LogP contribution >= 0.6 is 0 Å². The van der Waals surface area contributed by atoms with Crippen molar-refractivity contribution in [1.82, 2.24) is 9.80 Å². The maximum absolute atomic E-state index is 12.0. The molecule has 1 heterocycles. The highest BCUT2D eigenvalue weighted by atomic mass is 16.4. The van der Waals surface area contributed by atoms with E-state index in [1.807, 2.05) is 0 Å². The van der Waals surface area contributed by atoms with Gasteiger partial charge in [-0.1, -0.05) is 5.16 Å². The lowest BCUT2D eigenvalue weighted by Crippen LogP contribution is -2.42. The predicted molar refractivity (Wildman–Crippen MR) is 70.4 cm³/mol. The van der Waals surface area contributed by atoms with Crippen molar-refractivity contribution in [2.45, 2.75) is 19.8 Å². The summed E-state index contributed by atoms with van der Waals surface area (Å²) in [6, 6.07) is 0. The van der Waals surface area contributed by atoms with Crippen molar-refractivity contribution in [3.05, 3.63) is 0 Å². The zero-order valence-electron chi connectivity index (χ0n) is 11.5. The maximum Gasteiger partial charge on any atom is 0.232 e. The van der Waals surface area contributed by atoms with Gasteiger partial charge in [0.25, 0.3) is 0 Å². The van der Waals surface area contributed by atoms with Gasteiger partial charge in [-0.15, -0.1) is 0 Å². The first kappa shape index (κ1) is 14.8. The molecule has 1 rings (SSSR count). The van der Waals surface area contributed by atoms with E-state index in [2.05, 4.69) is 17.1 Å². The molecule has 0 radical (unpaired) electrons. The van der Waals surface area contributed by atoms with Gasteiger partial charge < -0.3 is 20.7 Å². The number of piperidine rings is 1. The van der Waals surface area contributed by atoms with Crippen LogP contribution in [0.4, 0.5) is 0 Å². The molecule has 104 valence electrons. The Morgan fingerprint density at radius 2 is 2.11 bits per heavy atom. The van der Waals surface area contributed by atoms with E-state index in [-0.39, 0.29) is 11.7 Å². The van der Waals surface area contributed by atoms with Crippen molar-refractivity contribution in [3.8, 4) is 0 Å². The number of hydrogen-bond donors (Lipinski definition) is 2. The van der Waals surface area contributed by atoms with Crippen molar-refractivity contribution in [2.24, 2.45) is 22.7 Å². The molecule has 6 heteroatoms. The quantitative estimate of drug-likeness (QED) is 0.325. The van der Waals surface area contributed by atoms with Crippen LogP contribution in [0, 0.1) is 11.8 Å². The molecule has 0 spiro atoms. The Morgan fingerprint density at radius 3 is 2.61 bits per heavy atom. The molecule has 0 bridgehead atoms. The summed E-state index contributed by atoms with van der Waals surface area (Å²) >= 11 is 0. The molecule has 18 heavy (non-hydrogen) atoms. The van der Waals surface area contributed by atoms with Crippen molar-refractivity contribution in [3.63, 3.8) is 0 Å². The zero-order valence-corrected chi connectivity index (χ0v) is 11.5. The molecule has 1 aliphatic rings. The average molecular weight is 256 g/mol. The highest BCUT2D eigenvalue weighted by Gasteiger charge is 2.25. The summed E-state index contributed by atoms with van der Waals surface area (Å²) in [6.45, 7) is 4.57. The highest BCUT2D eigenvalue weighted by Crippen LogP contribution is 2.17. The molecule has 1 unspecified atom stereocenters. The zero-order chi connectivity index (χ0) is 13.7. The van der Waals surface area contributed by atoms with Crippen LogP contribution in [0.1, 0.15) is 19.8 Å². The Balaban J connectivity index is 2.45. The second-order valence-corrected chi connectivity index (χ2v) is 5.21. The lowest BCUT2D eigenvalue weighted by Gasteiger charge is -2.32. The fourth-order valence-corrected chi connectivity index (χ4v) is 2.27. The number of nitrogens with zero attached hydrogens (tertiary/aromatic N) is 3. The number of hydrogen-bond acceptors (Lipinski definition) is 4. The van der Waals surface area contributed by atoms with E-state index >= 15 is 0 Å². The molecule has 0 aromatic rings. The standard InChI is InChI=1S/C12H24N4O2/c1-9(11(13)14-18)12(17)16(3)8-10-4-6-15(2)7-5-10/h9-10,18H,4-8H2,1-3H3,(H2,13,14). The summed E-state index contributed by atoms with van der Waals surface area (Å²) < 4.78 is 0. The minimum absolute atomic E-state index is 0.0322. The number of carbonyl (C=O) groups is 1. The van der Waals surface area contributed by atoms with Crippen LogP contribution in [-0.4, -0.2) is 60.5 Å². The monoisotopic (exact) mass is 256 g/mol. The second-order valence-electron chi connectivity index (χ2n) is 5.21. The fraction of sp³-hybridized carbons (Fsp3) is 0.833. The highest BCUT2D eigenvalue weighted by molar-refractivity contribution is 6.01. The number of rotatable bonds is 4. The topological polar surface area (TPSA) is 82.2 Å². The summed E-state index contributed by atoms with van der Waals surface area (Å²) in [4.78, 5) is 16.0. The number of oxime groups is 1. The maximum atomic E-state index is 12.0. The molecule has 6 nitrogen and oxygen atoms in total. The summed E-state index contributed by atoms with van der Waals surface area (Å²) in [5, 5.41) is 11.5. The van der Waals surface area contributed by atoms with Gasteiger partial charge in [0.15, 0.2) is 5.84 Å². The van der Waals surface area contributed by atoms with E-state index in [0.29, 0.717) is 5.92 Å². The minimum atomic E-state index is -0.564. The van der Waals surface area contributed by atoms with Crippen molar-refractivity contribution < 1.29 is 10.0 Å². The first-order valence-electron chi connectivity index (χ1n) is 6.36. The van der Waals surface area contributed by atoms with Crippen LogP contribution in [0.25, 0.3) is 0 Å². The van der Waals surface area contributed by atoms with Crippen LogP contribution in [0.5, 0.6) is 0 Å². The van der Waals surface area contributed by atoms with Crippen LogP contribution in [0.2, 0.25) is 0 Å². The minimum Gasteiger partial charge on any atom is -0.409 e. The lowest BCUT2D eigenvalue weighted by atomic mass is 9.96. The second kappa shape index (κ2) is 6.58. The smallest absolute Gasteiger partial charge is 0.232 e. The molecule has 0 aromatic carbocycles. The van der Waals surface area contributed by atoms with Gasteiger partial charge in [-0.3, -0.25) is 4.79 Å². The molecule has 1 amide bonds. The van der Waals surface area contributed by atoms with Crippen molar-refractivity contribution >= 4 is 11.7 Å². The molecular formula is C12H24N4O2. The molecule has 0 saturated carbocycles. The molecule has 0 aromatic heterocycles. The summed E-state index contributed by atoms with van der Waals surface area (Å²) in [6.07, 6.45) is 2.23. The fourth-order valence-electron chi connectivity index (χ4n) is 2.27. The van der Waals surface area contributed by atoms with Gasteiger partial charge >= 0.3 is 0 Å². The van der Waals surface area contributed by atoms with Gasteiger partial charge in [-0.05, 0) is 45.8 Å². The SMILES string of the molecule is CC(C(=O)N(C)CC1CCN(C)CC1)/C(N)=N/O. The number of carbonyl (C=O) groups excluding carboxylic acids is 1. The van der Waals surface area contributed by atoms with Gasteiger partial charge in [0.1, 0.15) is 0 Å². The summed E-state index contributed by atoms with van der Waals surface area (Å²) in [5.41, 5.74) is 5.45. The molecule has 0 aliphatic carbocycles. The van der Waals surface area contributed by atoms with Crippen molar-refractivity contribution in [2.75, 3.05) is 33.7 Å². The predicted octanol–water partition coefficient (Wildman–Crippen LogP) is 0.169. The molecule has 1 atom stereocenters. The number of likely N-dealkylation sites (tertiary alicyclic amines) is 1. The third kappa shape index (κ3) is 3.87. The largest absolute Gasteiger partial charge is 0.409 e. The van der Waals surface area contributed by atoms with Gasteiger partial charge in [0, 0.05) is 13.6 Å². The van der Waals surface area contributed by atoms with Gasteiger partial charge in [-0.25, -0.2) is 0 Å². The Morgan fingerprint density at radius 1 is 1.56 bits per heavy atom. The van der Waals surface area contributed by atoms with E-state index in [1.54, 1.807) is 18.9 Å². The molecule has 1 fully saturated rings. The molecule has 3 N–H and O–H groups in total. The Bertz CT molecular complexity index is 311.